The van der Waals surface area contributed by atoms with Crippen molar-refractivity contribution < 1.29 is 4.39 Å². The van der Waals surface area contributed by atoms with Crippen LogP contribution in [0.1, 0.15) is 5.56 Å². The third kappa shape index (κ3) is 2.93. The summed E-state index contributed by atoms with van der Waals surface area (Å²) < 4.78 is 15.7. The predicted octanol–water partition coefficient (Wildman–Crippen LogP) is 5.08. The Balaban J connectivity index is 1.95. The van der Waals surface area contributed by atoms with Crippen molar-refractivity contribution in [3.05, 3.63) is 105 Å². The number of hydrogen-bond donors (Lipinski definition) is 0. The molecule has 4 nitrogen and oxygen atoms in total. The van der Waals surface area contributed by atoms with Crippen LogP contribution in [0.5, 0.6) is 0 Å². The van der Waals surface area contributed by atoms with Gasteiger partial charge in [0.05, 0.1) is 5.69 Å². The molecule has 30 heavy (non-hydrogen) atoms. The third-order valence-corrected chi connectivity index (χ3v) is 6.07. The number of halogens is 1. The van der Waals surface area contributed by atoms with Crippen molar-refractivity contribution in [2.24, 2.45) is 0 Å². The van der Waals surface area contributed by atoms with E-state index in [9.17, 15) is 14.0 Å². The molecule has 2 aromatic heterocycles. The molecule has 5 rings (SSSR count). The molecule has 0 bridgehead atoms. The van der Waals surface area contributed by atoms with E-state index in [1.54, 1.807) is 12.1 Å². The molecule has 0 aliphatic heterocycles. The number of benzene rings is 3. The van der Waals surface area contributed by atoms with E-state index in [4.69, 9.17) is 4.98 Å². The van der Waals surface area contributed by atoms with Crippen molar-refractivity contribution in [1.82, 2.24) is 9.55 Å². The van der Waals surface area contributed by atoms with Crippen LogP contribution in [0.15, 0.2) is 82.4 Å². The molecule has 0 atom stereocenters. The monoisotopic (exact) mass is 414 g/mol. The summed E-state index contributed by atoms with van der Waals surface area (Å²) in [5.74, 6) is 0.000188. The molecule has 0 N–H and O–H groups in total. The fourth-order valence-electron chi connectivity index (χ4n) is 3.48. The van der Waals surface area contributed by atoms with Crippen molar-refractivity contribution in [2.45, 2.75) is 6.92 Å². The van der Waals surface area contributed by atoms with Crippen molar-refractivity contribution in [3.8, 4) is 17.1 Å². The second-order valence-electron chi connectivity index (χ2n) is 7.03. The second kappa shape index (κ2) is 7.00. The lowest BCUT2D eigenvalue weighted by Crippen LogP contribution is -2.26. The number of fused-ring (bicyclic) bond motifs is 2. The molecule has 0 fully saturated rings. The maximum atomic E-state index is 13.6. The van der Waals surface area contributed by atoms with Gasteiger partial charge in [0, 0.05) is 15.6 Å². The Morgan fingerprint density at radius 3 is 2.33 bits per heavy atom. The number of nitrogens with zero attached hydrogens (tertiary/aromatic N) is 2. The third-order valence-electron chi connectivity index (χ3n) is 5.01. The first-order valence-electron chi connectivity index (χ1n) is 9.34. The van der Waals surface area contributed by atoms with Gasteiger partial charge in [-0.25, -0.2) is 9.37 Å². The molecule has 0 saturated carbocycles. The van der Waals surface area contributed by atoms with E-state index in [0.717, 1.165) is 15.8 Å². The largest absolute Gasteiger partial charge is 0.288 e. The summed E-state index contributed by atoms with van der Waals surface area (Å²) in [7, 11) is 0. The predicted molar refractivity (Wildman–Crippen MR) is 119 cm³/mol. The van der Waals surface area contributed by atoms with Gasteiger partial charge in [0.15, 0.2) is 0 Å². The van der Waals surface area contributed by atoms with Gasteiger partial charge < -0.3 is 0 Å². The van der Waals surface area contributed by atoms with Gasteiger partial charge in [-0.05, 0) is 43.3 Å². The molecular formula is C24H15FN2O2S. The molecule has 0 radical (unpaired) electrons. The van der Waals surface area contributed by atoms with Crippen LogP contribution in [0.25, 0.3) is 37.4 Å². The zero-order valence-electron chi connectivity index (χ0n) is 15.9. The second-order valence-corrected chi connectivity index (χ2v) is 8.06. The van der Waals surface area contributed by atoms with E-state index in [2.05, 4.69) is 0 Å². The molecule has 0 spiro atoms. The normalized spacial score (nSPS) is 11.3. The molecular weight excluding hydrogens is 399 g/mol. The average Bonchev–Trinajstić information content (AvgIpc) is 2.75. The van der Waals surface area contributed by atoms with E-state index in [1.807, 2.05) is 43.3 Å². The SMILES string of the molecule is Cc1ccc(-c2nc3sc4ccccc4c(=O)c3c(=O)n2-c2ccc(F)cc2)cc1. The van der Waals surface area contributed by atoms with Gasteiger partial charge in [-0.3, -0.25) is 14.2 Å². The van der Waals surface area contributed by atoms with Crippen LogP contribution in [-0.4, -0.2) is 9.55 Å². The summed E-state index contributed by atoms with van der Waals surface area (Å²) in [6.07, 6.45) is 0. The minimum atomic E-state index is -0.464. The fraction of sp³-hybridized carbons (Fsp3) is 0.0417. The minimum absolute atomic E-state index is 0.0406. The molecule has 0 aliphatic rings. The Morgan fingerprint density at radius 1 is 0.900 bits per heavy atom. The lowest BCUT2D eigenvalue weighted by molar-refractivity contribution is 0.627. The molecule has 0 unspecified atom stereocenters. The Labute approximate surface area is 174 Å². The van der Waals surface area contributed by atoms with E-state index in [0.29, 0.717) is 21.7 Å². The van der Waals surface area contributed by atoms with Crippen molar-refractivity contribution in [2.75, 3.05) is 0 Å². The van der Waals surface area contributed by atoms with Crippen molar-refractivity contribution >= 4 is 31.6 Å². The molecule has 0 amide bonds. The first-order valence-corrected chi connectivity index (χ1v) is 10.2. The van der Waals surface area contributed by atoms with Crippen LogP contribution in [-0.2, 0) is 0 Å². The van der Waals surface area contributed by atoms with E-state index in [-0.39, 0.29) is 10.8 Å². The molecule has 3 aromatic carbocycles. The Morgan fingerprint density at radius 2 is 1.60 bits per heavy atom. The van der Waals surface area contributed by atoms with Gasteiger partial charge >= 0.3 is 0 Å². The van der Waals surface area contributed by atoms with Crippen LogP contribution >= 0.6 is 11.3 Å². The highest BCUT2D eigenvalue weighted by atomic mass is 32.1. The van der Waals surface area contributed by atoms with Gasteiger partial charge in [-0.15, -0.1) is 11.3 Å². The van der Waals surface area contributed by atoms with Gasteiger partial charge in [-0.1, -0.05) is 42.0 Å². The van der Waals surface area contributed by atoms with E-state index in [1.165, 1.54) is 40.2 Å². The first kappa shape index (κ1) is 18.4. The van der Waals surface area contributed by atoms with Crippen LogP contribution < -0.4 is 11.0 Å². The summed E-state index contributed by atoms with van der Waals surface area (Å²) in [6.45, 7) is 1.97. The van der Waals surface area contributed by atoms with Gasteiger partial charge in [0.1, 0.15) is 21.9 Å². The minimum Gasteiger partial charge on any atom is -0.288 e. The van der Waals surface area contributed by atoms with Gasteiger partial charge in [-0.2, -0.15) is 0 Å². The molecule has 146 valence electrons. The number of hydrogen-bond acceptors (Lipinski definition) is 4. The summed E-state index contributed by atoms with van der Waals surface area (Å²) in [6, 6.07) is 20.4. The van der Waals surface area contributed by atoms with Crippen LogP contribution in [0.4, 0.5) is 4.39 Å². The maximum Gasteiger partial charge on any atom is 0.271 e. The van der Waals surface area contributed by atoms with Crippen LogP contribution in [0.2, 0.25) is 0 Å². The van der Waals surface area contributed by atoms with Crippen LogP contribution in [0.3, 0.4) is 0 Å². The Hall–Kier alpha value is -3.64. The smallest absolute Gasteiger partial charge is 0.271 e. The summed E-state index contributed by atoms with van der Waals surface area (Å²) in [5, 5.41) is 0.529. The summed E-state index contributed by atoms with van der Waals surface area (Å²) in [5.41, 5.74) is 1.45. The molecule has 0 aliphatic carbocycles. The highest BCUT2D eigenvalue weighted by Gasteiger charge is 2.18. The number of aryl methyl sites for hydroxylation is 1. The zero-order valence-corrected chi connectivity index (χ0v) is 16.7. The molecule has 6 heteroatoms. The highest BCUT2D eigenvalue weighted by molar-refractivity contribution is 7.24. The molecule has 0 saturated heterocycles. The topological polar surface area (TPSA) is 52.0 Å². The Bertz CT molecular complexity index is 1540. The standard InChI is InChI=1S/C24H15FN2O2S/c1-14-6-8-15(9-7-14)22-26-23-20(21(28)18-4-2-3-5-19(18)30-23)24(29)27(22)17-12-10-16(25)11-13-17/h2-13H,1H3. The lowest BCUT2D eigenvalue weighted by atomic mass is 10.1. The Kier molecular flexibility index (Phi) is 4.29. The average molecular weight is 414 g/mol. The summed E-state index contributed by atoms with van der Waals surface area (Å²) >= 11 is 1.31. The van der Waals surface area contributed by atoms with E-state index >= 15 is 0 Å². The lowest BCUT2D eigenvalue weighted by Gasteiger charge is -2.14. The quantitative estimate of drug-likeness (QED) is 0.379. The van der Waals surface area contributed by atoms with Crippen molar-refractivity contribution in [1.29, 1.82) is 0 Å². The first-order chi connectivity index (χ1) is 14.5. The zero-order chi connectivity index (χ0) is 20.8. The van der Waals surface area contributed by atoms with Crippen LogP contribution in [0, 0.1) is 12.7 Å². The summed E-state index contributed by atoms with van der Waals surface area (Å²) in [4.78, 5) is 31.8. The molecule has 2 heterocycles. The fourth-order valence-corrected chi connectivity index (χ4v) is 4.52. The number of rotatable bonds is 2. The maximum absolute atomic E-state index is 13.6. The van der Waals surface area contributed by atoms with E-state index < -0.39 is 11.4 Å². The highest BCUT2D eigenvalue weighted by Crippen LogP contribution is 2.26. The molecule has 5 aromatic rings. The number of aromatic nitrogens is 2. The van der Waals surface area contributed by atoms with Gasteiger partial charge in [0.25, 0.3) is 5.56 Å². The van der Waals surface area contributed by atoms with Gasteiger partial charge in [0.2, 0.25) is 5.43 Å². The van der Waals surface area contributed by atoms with Crippen molar-refractivity contribution in [3.63, 3.8) is 0 Å².